The first-order chi connectivity index (χ1) is 15.4. The maximum Gasteiger partial charge on any atom is 0.291 e. The predicted molar refractivity (Wildman–Crippen MR) is 127 cm³/mol. The van der Waals surface area contributed by atoms with E-state index >= 15 is 0 Å². The van der Waals surface area contributed by atoms with Crippen molar-refractivity contribution in [1.29, 1.82) is 0 Å². The topological polar surface area (TPSA) is 72.5 Å². The fraction of sp³-hybridized carbons (Fsp3) is 0.0769. The number of aryl methyl sites for hydroxylation is 2. The van der Waals surface area contributed by atoms with Crippen LogP contribution in [-0.4, -0.2) is 11.7 Å². The molecule has 6 heteroatoms. The molecule has 5 rings (SSSR count). The molecule has 2 aromatic heterocycles. The van der Waals surface area contributed by atoms with Crippen molar-refractivity contribution in [3.63, 3.8) is 0 Å². The number of fused-ring (bicyclic) bond motifs is 2. The lowest BCUT2D eigenvalue weighted by molar-refractivity contribution is 0.0995. The molecule has 32 heavy (non-hydrogen) atoms. The molecular weight excluding hydrogens is 470 g/mol. The van der Waals surface area contributed by atoms with E-state index in [1.54, 1.807) is 36.4 Å². The molecule has 0 spiro atoms. The van der Waals surface area contributed by atoms with E-state index < -0.39 is 0 Å². The minimum atomic E-state index is -0.353. The highest BCUT2D eigenvalue weighted by atomic mass is 79.9. The Hall–Kier alpha value is -3.64. The Labute approximate surface area is 192 Å². The minimum Gasteiger partial charge on any atom is -0.452 e. The van der Waals surface area contributed by atoms with Gasteiger partial charge in [-0.05, 0) is 56.3 Å². The van der Waals surface area contributed by atoms with E-state index in [0.29, 0.717) is 28.2 Å². The van der Waals surface area contributed by atoms with E-state index in [1.165, 1.54) is 0 Å². The first kappa shape index (κ1) is 20.3. The van der Waals surface area contributed by atoms with Gasteiger partial charge in [0.1, 0.15) is 11.2 Å². The van der Waals surface area contributed by atoms with Crippen molar-refractivity contribution in [1.82, 2.24) is 0 Å². The van der Waals surface area contributed by atoms with Crippen molar-refractivity contribution < 1.29 is 18.4 Å². The number of carbonyl (C=O) groups is 2. The number of rotatable bonds is 4. The van der Waals surface area contributed by atoms with Crippen LogP contribution in [-0.2, 0) is 0 Å². The predicted octanol–water partition coefficient (Wildman–Crippen LogP) is 7.04. The van der Waals surface area contributed by atoms with Gasteiger partial charge in [0.05, 0.1) is 0 Å². The number of amides is 1. The normalized spacial score (nSPS) is 11.2. The Morgan fingerprint density at radius 1 is 0.844 bits per heavy atom. The zero-order chi connectivity index (χ0) is 22.4. The molecule has 0 aliphatic carbocycles. The van der Waals surface area contributed by atoms with Crippen LogP contribution in [0.5, 0.6) is 0 Å². The largest absolute Gasteiger partial charge is 0.452 e. The minimum absolute atomic E-state index is 0.169. The second-order valence-electron chi connectivity index (χ2n) is 7.71. The molecule has 3 aromatic carbocycles. The Bertz CT molecular complexity index is 1510. The van der Waals surface area contributed by atoms with Gasteiger partial charge >= 0.3 is 0 Å². The third-order valence-corrected chi connectivity index (χ3v) is 5.91. The number of ketones is 1. The summed E-state index contributed by atoms with van der Waals surface area (Å²) < 4.78 is 12.4. The molecule has 0 saturated heterocycles. The van der Waals surface area contributed by atoms with E-state index in [0.717, 1.165) is 26.4 Å². The Kier molecular flexibility index (Phi) is 4.94. The zero-order valence-corrected chi connectivity index (χ0v) is 18.9. The summed E-state index contributed by atoms with van der Waals surface area (Å²) in [4.78, 5) is 25.6. The number of hydrogen-bond donors (Lipinski definition) is 1. The van der Waals surface area contributed by atoms with E-state index in [2.05, 4.69) is 21.2 Å². The molecule has 5 nitrogen and oxygen atoms in total. The molecule has 1 N–H and O–H groups in total. The van der Waals surface area contributed by atoms with Gasteiger partial charge in [0, 0.05) is 32.1 Å². The van der Waals surface area contributed by atoms with Crippen LogP contribution in [0.1, 0.15) is 37.8 Å². The highest BCUT2D eigenvalue weighted by Crippen LogP contribution is 2.30. The van der Waals surface area contributed by atoms with Crippen LogP contribution >= 0.6 is 15.9 Å². The lowest BCUT2D eigenvalue weighted by atomic mass is 10.0. The maximum absolute atomic E-state index is 12.9. The van der Waals surface area contributed by atoms with Gasteiger partial charge in [-0.3, -0.25) is 9.59 Å². The van der Waals surface area contributed by atoms with Gasteiger partial charge in [-0.15, -0.1) is 0 Å². The third-order valence-electron chi connectivity index (χ3n) is 5.42. The summed E-state index contributed by atoms with van der Waals surface area (Å²) in [6, 6.07) is 19.9. The fourth-order valence-corrected chi connectivity index (χ4v) is 4.05. The van der Waals surface area contributed by atoms with Gasteiger partial charge in [0.2, 0.25) is 5.78 Å². The number of carbonyl (C=O) groups excluding carboxylic acids is 2. The summed E-state index contributed by atoms with van der Waals surface area (Å²) in [6.45, 7) is 3.82. The highest BCUT2D eigenvalue weighted by molar-refractivity contribution is 9.10. The van der Waals surface area contributed by atoms with E-state index in [-0.39, 0.29) is 17.5 Å². The quantitative estimate of drug-likeness (QED) is 0.276. The Balaban J connectivity index is 1.44. The van der Waals surface area contributed by atoms with Gasteiger partial charge in [-0.25, -0.2) is 0 Å². The van der Waals surface area contributed by atoms with Gasteiger partial charge in [-0.2, -0.15) is 0 Å². The molecule has 0 fully saturated rings. The van der Waals surface area contributed by atoms with E-state index in [9.17, 15) is 9.59 Å². The van der Waals surface area contributed by atoms with Crippen LogP contribution in [0.25, 0.3) is 21.9 Å². The molecule has 0 atom stereocenters. The standard InChI is InChI=1S/C26H18BrNO4/c1-14-3-5-16(6-4-14)24(29)25-15(2)20-13-19(8-10-22(20)32-25)28-26(30)23-12-17-11-18(27)7-9-21(17)31-23/h3-13H,1-2H3,(H,28,30). The Morgan fingerprint density at radius 2 is 1.59 bits per heavy atom. The molecule has 0 aliphatic heterocycles. The van der Waals surface area contributed by atoms with Crippen molar-refractivity contribution in [3.05, 3.63) is 99.4 Å². The van der Waals surface area contributed by atoms with Gasteiger partial charge in [0.15, 0.2) is 11.5 Å². The number of halogens is 1. The smallest absolute Gasteiger partial charge is 0.291 e. The van der Waals surface area contributed by atoms with E-state index in [1.807, 2.05) is 44.2 Å². The molecule has 2 heterocycles. The molecule has 0 aliphatic rings. The average molecular weight is 488 g/mol. The molecule has 158 valence electrons. The second-order valence-corrected chi connectivity index (χ2v) is 8.62. The van der Waals surface area contributed by atoms with E-state index in [4.69, 9.17) is 8.83 Å². The van der Waals surface area contributed by atoms with Crippen LogP contribution in [0.2, 0.25) is 0 Å². The number of furan rings is 2. The van der Waals surface area contributed by atoms with Crippen LogP contribution < -0.4 is 5.32 Å². The lowest BCUT2D eigenvalue weighted by Crippen LogP contribution is -2.10. The molecule has 0 saturated carbocycles. The van der Waals surface area contributed by atoms with Gasteiger partial charge < -0.3 is 14.2 Å². The van der Waals surface area contributed by atoms with Crippen molar-refractivity contribution in [2.45, 2.75) is 13.8 Å². The number of anilines is 1. The number of benzene rings is 3. The molecule has 5 aromatic rings. The summed E-state index contributed by atoms with van der Waals surface area (Å²) in [7, 11) is 0. The van der Waals surface area contributed by atoms with Crippen molar-refractivity contribution in [3.8, 4) is 0 Å². The van der Waals surface area contributed by atoms with Crippen LogP contribution in [0.4, 0.5) is 5.69 Å². The molecule has 0 radical (unpaired) electrons. The fourth-order valence-electron chi connectivity index (χ4n) is 3.67. The van der Waals surface area contributed by atoms with Crippen LogP contribution in [0.15, 0.2) is 80.0 Å². The molecule has 1 amide bonds. The first-order valence-electron chi connectivity index (χ1n) is 10.0. The van der Waals surface area contributed by atoms with Gasteiger partial charge in [0.25, 0.3) is 5.91 Å². The summed E-state index contributed by atoms with van der Waals surface area (Å²) in [6.07, 6.45) is 0. The lowest BCUT2D eigenvalue weighted by Gasteiger charge is -2.03. The van der Waals surface area contributed by atoms with Crippen LogP contribution in [0, 0.1) is 13.8 Å². The summed E-state index contributed by atoms with van der Waals surface area (Å²) in [5.74, 6) is -0.000890. The second kappa shape index (κ2) is 7.80. The molecule has 0 unspecified atom stereocenters. The highest BCUT2D eigenvalue weighted by Gasteiger charge is 2.20. The summed E-state index contributed by atoms with van der Waals surface area (Å²) >= 11 is 3.42. The average Bonchev–Trinajstić information content (AvgIpc) is 3.35. The summed E-state index contributed by atoms with van der Waals surface area (Å²) in [5, 5.41) is 4.47. The molecular formula is C26H18BrNO4. The monoisotopic (exact) mass is 487 g/mol. The maximum atomic E-state index is 12.9. The third kappa shape index (κ3) is 3.63. The first-order valence-corrected chi connectivity index (χ1v) is 10.8. The SMILES string of the molecule is Cc1ccc(C(=O)c2oc3ccc(NC(=O)c4cc5cc(Br)ccc5o4)cc3c2C)cc1. The van der Waals surface area contributed by atoms with Crippen LogP contribution in [0.3, 0.4) is 0 Å². The zero-order valence-electron chi connectivity index (χ0n) is 17.4. The summed E-state index contributed by atoms with van der Waals surface area (Å²) in [5.41, 5.74) is 4.20. The molecule has 0 bridgehead atoms. The van der Waals surface area contributed by atoms with Crippen molar-refractivity contribution >= 4 is 55.2 Å². The Morgan fingerprint density at radius 3 is 2.38 bits per heavy atom. The number of hydrogen-bond acceptors (Lipinski definition) is 4. The number of nitrogens with one attached hydrogen (secondary N) is 1. The van der Waals surface area contributed by atoms with Gasteiger partial charge in [-0.1, -0.05) is 45.8 Å². The van der Waals surface area contributed by atoms with Crippen molar-refractivity contribution in [2.24, 2.45) is 0 Å². The van der Waals surface area contributed by atoms with Crippen molar-refractivity contribution in [2.75, 3.05) is 5.32 Å².